The van der Waals surface area contributed by atoms with Gasteiger partial charge in [-0.25, -0.2) is 0 Å². The van der Waals surface area contributed by atoms with E-state index < -0.39 is 0 Å². The first-order valence-corrected chi connectivity index (χ1v) is 6.88. The van der Waals surface area contributed by atoms with Gasteiger partial charge in [-0.1, -0.05) is 26.3 Å². The largest absolute Gasteiger partial charge is 0.489 e. The Morgan fingerprint density at radius 2 is 2.32 bits per heavy atom. The molecular formula is C15H22N2O2. The topological polar surface area (TPSA) is 41.6 Å². The second-order valence-corrected chi connectivity index (χ2v) is 5.16. The van der Waals surface area contributed by atoms with Crippen LogP contribution in [0.25, 0.3) is 0 Å². The molecule has 4 heteroatoms. The Hall–Kier alpha value is -1.71. The summed E-state index contributed by atoms with van der Waals surface area (Å²) in [4.78, 5) is 14.3. The number of nitrogens with one attached hydrogen (secondary N) is 1. The van der Waals surface area contributed by atoms with Crippen LogP contribution in [0.5, 0.6) is 5.75 Å². The van der Waals surface area contributed by atoms with Crippen LogP contribution < -0.4 is 10.1 Å². The van der Waals surface area contributed by atoms with Crippen LogP contribution in [-0.4, -0.2) is 37.6 Å². The maximum Gasteiger partial charge on any atom is 0.257 e. The van der Waals surface area contributed by atoms with Gasteiger partial charge in [0, 0.05) is 20.1 Å². The highest BCUT2D eigenvalue weighted by Crippen LogP contribution is 2.31. The number of rotatable bonds is 4. The Morgan fingerprint density at radius 1 is 1.53 bits per heavy atom. The van der Waals surface area contributed by atoms with Crippen molar-refractivity contribution in [3.8, 4) is 5.75 Å². The molecule has 0 spiro atoms. The summed E-state index contributed by atoms with van der Waals surface area (Å²) >= 11 is 0. The molecule has 0 aromatic heterocycles. The average molecular weight is 262 g/mol. The molecule has 0 saturated heterocycles. The molecular weight excluding hydrogens is 240 g/mol. The van der Waals surface area contributed by atoms with Crippen molar-refractivity contribution in [1.82, 2.24) is 4.90 Å². The van der Waals surface area contributed by atoms with E-state index >= 15 is 0 Å². The van der Waals surface area contributed by atoms with Crippen LogP contribution in [-0.2, 0) is 0 Å². The van der Waals surface area contributed by atoms with Gasteiger partial charge in [0.05, 0.1) is 11.3 Å². The summed E-state index contributed by atoms with van der Waals surface area (Å²) in [6.45, 7) is 6.45. The fourth-order valence-electron chi connectivity index (χ4n) is 2.22. The van der Waals surface area contributed by atoms with Gasteiger partial charge in [-0.15, -0.1) is 0 Å². The average Bonchev–Trinajstić information content (AvgIpc) is 2.45. The van der Waals surface area contributed by atoms with Gasteiger partial charge in [0.15, 0.2) is 5.75 Å². The van der Waals surface area contributed by atoms with Crippen molar-refractivity contribution in [2.75, 3.05) is 32.1 Å². The zero-order chi connectivity index (χ0) is 13.8. The van der Waals surface area contributed by atoms with Crippen LogP contribution in [0.15, 0.2) is 18.2 Å². The molecule has 1 unspecified atom stereocenters. The second kappa shape index (κ2) is 5.95. The van der Waals surface area contributed by atoms with Crippen molar-refractivity contribution < 1.29 is 9.53 Å². The van der Waals surface area contributed by atoms with E-state index in [2.05, 4.69) is 19.2 Å². The van der Waals surface area contributed by atoms with E-state index in [-0.39, 0.29) is 5.91 Å². The van der Waals surface area contributed by atoms with E-state index in [1.54, 1.807) is 4.90 Å². The highest BCUT2D eigenvalue weighted by atomic mass is 16.5. The van der Waals surface area contributed by atoms with Gasteiger partial charge < -0.3 is 15.0 Å². The Bertz CT molecular complexity index is 459. The minimum atomic E-state index is 0.0286. The second-order valence-electron chi connectivity index (χ2n) is 5.16. The molecule has 2 rings (SSSR count). The van der Waals surface area contributed by atoms with E-state index in [0.717, 1.165) is 25.2 Å². The molecule has 1 aliphatic rings. The third-order valence-corrected chi connectivity index (χ3v) is 3.54. The molecule has 0 saturated carbocycles. The first-order chi connectivity index (χ1) is 9.13. The summed E-state index contributed by atoms with van der Waals surface area (Å²) in [5.41, 5.74) is 1.56. The van der Waals surface area contributed by atoms with Crippen LogP contribution in [0.4, 0.5) is 5.69 Å². The van der Waals surface area contributed by atoms with Crippen LogP contribution in [0.3, 0.4) is 0 Å². The van der Waals surface area contributed by atoms with Crippen LogP contribution >= 0.6 is 0 Å². The number of nitrogens with zero attached hydrogens (tertiary/aromatic N) is 1. The SMILES string of the molecule is CCC(C)CN(C)C(=O)c1cccc2c1OCCN2. The highest BCUT2D eigenvalue weighted by Gasteiger charge is 2.22. The van der Waals surface area contributed by atoms with Gasteiger partial charge in [0.1, 0.15) is 6.61 Å². The Labute approximate surface area is 114 Å². The van der Waals surface area contributed by atoms with Crippen molar-refractivity contribution in [1.29, 1.82) is 0 Å². The van der Waals surface area contributed by atoms with Crippen molar-refractivity contribution in [2.45, 2.75) is 20.3 Å². The van der Waals surface area contributed by atoms with Crippen LogP contribution in [0.1, 0.15) is 30.6 Å². The number of amides is 1. The smallest absolute Gasteiger partial charge is 0.257 e. The monoisotopic (exact) mass is 262 g/mol. The number of ether oxygens (including phenoxy) is 1. The number of hydrogen-bond acceptors (Lipinski definition) is 3. The molecule has 19 heavy (non-hydrogen) atoms. The zero-order valence-corrected chi connectivity index (χ0v) is 11.9. The quantitative estimate of drug-likeness (QED) is 0.907. The molecule has 0 fully saturated rings. The van der Waals surface area contributed by atoms with Crippen LogP contribution in [0, 0.1) is 5.92 Å². The summed E-state index contributed by atoms with van der Waals surface area (Å²) in [5, 5.41) is 3.25. The molecule has 0 aliphatic carbocycles. The molecule has 0 radical (unpaired) electrons. The summed E-state index contributed by atoms with van der Waals surface area (Å²) in [5.74, 6) is 1.23. The number of anilines is 1. The summed E-state index contributed by atoms with van der Waals surface area (Å²) in [7, 11) is 1.85. The molecule has 1 aromatic rings. The normalized spacial score (nSPS) is 14.9. The van der Waals surface area contributed by atoms with Gasteiger partial charge in [-0.3, -0.25) is 4.79 Å². The molecule has 1 N–H and O–H groups in total. The Morgan fingerprint density at radius 3 is 3.05 bits per heavy atom. The molecule has 1 aromatic carbocycles. The fourth-order valence-corrected chi connectivity index (χ4v) is 2.22. The third kappa shape index (κ3) is 3.00. The Balaban J connectivity index is 2.19. The third-order valence-electron chi connectivity index (χ3n) is 3.54. The summed E-state index contributed by atoms with van der Waals surface area (Å²) in [6.07, 6.45) is 1.07. The van der Waals surface area contributed by atoms with E-state index in [4.69, 9.17) is 4.74 Å². The Kier molecular flexibility index (Phi) is 4.30. The van der Waals surface area contributed by atoms with Crippen molar-refractivity contribution in [2.24, 2.45) is 5.92 Å². The molecule has 1 amide bonds. The predicted molar refractivity (Wildman–Crippen MR) is 76.8 cm³/mol. The minimum Gasteiger partial charge on any atom is -0.489 e. The molecule has 104 valence electrons. The van der Waals surface area contributed by atoms with Crippen molar-refractivity contribution in [3.63, 3.8) is 0 Å². The molecule has 4 nitrogen and oxygen atoms in total. The van der Waals surface area contributed by atoms with Crippen molar-refractivity contribution in [3.05, 3.63) is 23.8 Å². The molecule has 1 heterocycles. The summed E-state index contributed by atoms with van der Waals surface area (Å²) in [6, 6.07) is 5.67. The van der Waals surface area contributed by atoms with Gasteiger partial charge in [-0.05, 0) is 18.1 Å². The molecule has 1 aliphatic heterocycles. The predicted octanol–water partition coefficient (Wildman–Crippen LogP) is 2.61. The maximum atomic E-state index is 12.5. The number of fused-ring (bicyclic) bond motifs is 1. The van der Waals surface area contributed by atoms with Gasteiger partial charge in [-0.2, -0.15) is 0 Å². The van der Waals surface area contributed by atoms with E-state index in [1.807, 2.05) is 25.2 Å². The van der Waals surface area contributed by atoms with E-state index in [0.29, 0.717) is 23.8 Å². The molecule has 1 atom stereocenters. The lowest BCUT2D eigenvalue weighted by Crippen LogP contribution is -2.32. The standard InChI is InChI=1S/C15H22N2O2/c1-4-11(2)10-17(3)15(18)12-6-5-7-13-14(12)19-9-8-16-13/h5-7,11,16H,4,8-10H2,1-3H3. The fraction of sp³-hybridized carbons (Fsp3) is 0.533. The van der Waals surface area contributed by atoms with E-state index in [1.165, 1.54) is 0 Å². The van der Waals surface area contributed by atoms with Gasteiger partial charge >= 0.3 is 0 Å². The minimum absolute atomic E-state index is 0.0286. The highest BCUT2D eigenvalue weighted by molar-refractivity contribution is 5.98. The van der Waals surface area contributed by atoms with Crippen molar-refractivity contribution >= 4 is 11.6 Å². The zero-order valence-electron chi connectivity index (χ0n) is 11.9. The van der Waals surface area contributed by atoms with Crippen LogP contribution in [0.2, 0.25) is 0 Å². The number of para-hydroxylation sites is 1. The molecule has 0 bridgehead atoms. The summed E-state index contributed by atoms with van der Waals surface area (Å²) < 4.78 is 5.65. The number of hydrogen-bond donors (Lipinski definition) is 1. The lowest BCUT2D eigenvalue weighted by atomic mass is 10.1. The van der Waals surface area contributed by atoms with Gasteiger partial charge in [0.2, 0.25) is 0 Å². The van der Waals surface area contributed by atoms with E-state index in [9.17, 15) is 4.79 Å². The number of benzene rings is 1. The maximum absolute atomic E-state index is 12.5. The number of carbonyl (C=O) groups excluding carboxylic acids is 1. The number of carbonyl (C=O) groups is 1. The lowest BCUT2D eigenvalue weighted by Gasteiger charge is -2.25. The van der Waals surface area contributed by atoms with Gasteiger partial charge in [0.25, 0.3) is 5.91 Å². The lowest BCUT2D eigenvalue weighted by molar-refractivity contribution is 0.0770. The first kappa shape index (κ1) is 13.7. The first-order valence-electron chi connectivity index (χ1n) is 6.88.